The lowest BCUT2D eigenvalue weighted by Gasteiger charge is -2.12. The standard InChI is InChI=1S/C19H21BrN2O3/c20-14-3-5-15(6-4-14)21-12-19(23)22-16-7-9-17(10-8-16)25-13-18-2-1-11-24-18/h3-10,18,21H,1-2,11-13H2,(H,22,23). The molecule has 132 valence electrons. The number of hydrogen-bond acceptors (Lipinski definition) is 4. The van der Waals surface area contributed by atoms with Crippen LogP contribution in [0.4, 0.5) is 11.4 Å². The summed E-state index contributed by atoms with van der Waals surface area (Å²) in [4.78, 5) is 12.0. The molecule has 6 heteroatoms. The Hall–Kier alpha value is -2.05. The van der Waals surface area contributed by atoms with Crippen molar-refractivity contribution in [1.29, 1.82) is 0 Å². The van der Waals surface area contributed by atoms with E-state index in [0.29, 0.717) is 6.61 Å². The molecule has 1 aliphatic rings. The molecule has 1 atom stereocenters. The molecule has 2 aromatic rings. The first kappa shape index (κ1) is 17.8. The second kappa shape index (κ2) is 8.87. The average molecular weight is 405 g/mol. The zero-order valence-corrected chi connectivity index (χ0v) is 15.4. The van der Waals surface area contributed by atoms with E-state index < -0.39 is 0 Å². The molecule has 0 radical (unpaired) electrons. The van der Waals surface area contributed by atoms with Gasteiger partial charge in [0.05, 0.1) is 12.6 Å². The molecule has 1 saturated heterocycles. The van der Waals surface area contributed by atoms with Crippen molar-refractivity contribution in [2.75, 3.05) is 30.4 Å². The van der Waals surface area contributed by atoms with Crippen molar-refractivity contribution in [2.24, 2.45) is 0 Å². The van der Waals surface area contributed by atoms with Crippen molar-refractivity contribution in [2.45, 2.75) is 18.9 Å². The Morgan fingerprint density at radius 2 is 1.84 bits per heavy atom. The summed E-state index contributed by atoms with van der Waals surface area (Å²) in [6.45, 7) is 1.61. The SMILES string of the molecule is O=C(CNc1ccc(Br)cc1)Nc1ccc(OCC2CCCO2)cc1. The Bertz CT molecular complexity index is 683. The number of rotatable bonds is 7. The molecule has 2 N–H and O–H groups in total. The monoisotopic (exact) mass is 404 g/mol. The van der Waals surface area contributed by atoms with Crippen molar-refractivity contribution < 1.29 is 14.3 Å². The Balaban J connectivity index is 1.42. The fourth-order valence-electron chi connectivity index (χ4n) is 2.55. The van der Waals surface area contributed by atoms with Gasteiger partial charge in [-0.15, -0.1) is 0 Å². The van der Waals surface area contributed by atoms with Gasteiger partial charge in [-0.05, 0) is 61.4 Å². The lowest BCUT2D eigenvalue weighted by atomic mass is 10.2. The Labute approximate surface area is 155 Å². The molecule has 3 rings (SSSR count). The van der Waals surface area contributed by atoms with E-state index in [1.54, 1.807) is 0 Å². The highest BCUT2D eigenvalue weighted by molar-refractivity contribution is 9.10. The number of carbonyl (C=O) groups is 1. The normalized spacial score (nSPS) is 16.4. The van der Waals surface area contributed by atoms with E-state index in [0.717, 1.165) is 41.0 Å². The molecular weight excluding hydrogens is 384 g/mol. The van der Waals surface area contributed by atoms with Crippen LogP contribution in [-0.2, 0) is 9.53 Å². The smallest absolute Gasteiger partial charge is 0.243 e. The molecular formula is C19H21BrN2O3. The Morgan fingerprint density at radius 1 is 1.12 bits per heavy atom. The summed E-state index contributed by atoms with van der Waals surface area (Å²) in [6.07, 6.45) is 2.36. The highest BCUT2D eigenvalue weighted by Gasteiger charge is 2.15. The van der Waals surface area contributed by atoms with E-state index in [9.17, 15) is 4.79 Å². The van der Waals surface area contributed by atoms with E-state index in [1.165, 1.54) is 0 Å². The molecule has 0 aromatic heterocycles. The van der Waals surface area contributed by atoms with Crippen LogP contribution in [0.2, 0.25) is 0 Å². The van der Waals surface area contributed by atoms with Gasteiger partial charge in [-0.1, -0.05) is 15.9 Å². The Kier molecular flexibility index (Phi) is 6.30. The van der Waals surface area contributed by atoms with Crippen LogP contribution in [0.15, 0.2) is 53.0 Å². The van der Waals surface area contributed by atoms with E-state index in [1.807, 2.05) is 48.5 Å². The summed E-state index contributed by atoms with van der Waals surface area (Å²) in [5.74, 6) is 0.678. The van der Waals surface area contributed by atoms with Crippen molar-refractivity contribution in [3.8, 4) is 5.75 Å². The van der Waals surface area contributed by atoms with Crippen molar-refractivity contribution >= 4 is 33.2 Å². The number of benzene rings is 2. The number of anilines is 2. The van der Waals surface area contributed by atoms with Crippen molar-refractivity contribution in [3.05, 3.63) is 53.0 Å². The first-order valence-electron chi connectivity index (χ1n) is 8.33. The first-order chi connectivity index (χ1) is 12.2. The maximum absolute atomic E-state index is 12.0. The molecule has 0 bridgehead atoms. The number of amides is 1. The van der Waals surface area contributed by atoms with Crippen molar-refractivity contribution in [3.63, 3.8) is 0 Å². The van der Waals surface area contributed by atoms with Crippen LogP contribution >= 0.6 is 15.9 Å². The van der Waals surface area contributed by atoms with Crippen LogP contribution in [-0.4, -0.2) is 31.8 Å². The van der Waals surface area contributed by atoms with Gasteiger partial charge in [-0.2, -0.15) is 0 Å². The molecule has 5 nitrogen and oxygen atoms in total. The van der Waals surface area contributed by atoms with Crippen molar-refractivity contribution in [1.82, 2.24) is 0 Å². The van der Waals surface area contributed by atoms with Gasteiger partial charge in [0.1, 0.15) is 12.4 Å². The summed E-state index contributed by atoms with van der Waals surface area (Å²) in [7, 11) is 0. The summed E-state index contributed by atoms with van der Waals surface area (Å²) < 4.78 is 12.2. The van der Waals surface area contributed by atoms with Gasteiger partial charge in [0.2, 0.25) is 5.91 Å². The van der Waals surface area contributed by atoms with Gasteiger partial charge < -0.3 is 20.1 Å². The quantitative estimate of drug-likeness (QED) is 0.730. The third-order valence-electron chi connectivity index (χ3n) is 3.90. The molecule has 0 saturated carbocycles. The number of halogens is 1. The molecule has 1 heterocycles. The van der Waals surface area contributed by atoms with E-state index in [2.05, 4.69) is 26.6 Å². The predicted octanol–water partition coefficient (Wildman–Crippen LogP) is 4.06. The molecule has 1 unspecified atom stereocenters. The van der Waals surface area contributed by atoms with Crippen LogP contribution in [0.1, 0.15) is 12.8 Å². The average Bonchev–Trinajstić information content (AvgIpc) is 3.14. The summed E-state index contributed by atoms with van der Waals surface area (Å²) >= 11 is 3.38. The van der Waals surface area contributed by atoms with E-state index in [-0.39, 0.29) is 18.6 Å². The minimum atomic E-state index is -0.101. The number of hydrogen-bond donors (Lipinski definition) is 2. The van der Waals surface area contributed by atoms with Crippen LogP contribution < -0.4 is 15.4 Å². The minimum Gasteiger partial charge on any atom is -0.491 e. The second-order valence-electron chi connectivity index (χ2n) is 5.88. The molecule has 2 aromatic carbocycles. The van der Waals surface area contributed by atoms with Gasteiger partial charge in [-0.3, -0.25) is 4.79 Å². The zero-order valence-electron chi connectivity index (χ0n) is 13.8. The third kappa shape index (κ3) is 5.76. The van der Waals surface area contributed by atoms with Gasteiger partial charge in [0.15, 0.2) is 0 Å². The lowest BCUT2D eigenvalue weighted by Crippen LogP contribution is -2.21. The molecule has 0 aliphatic carbocycles. The number of carbonyl (C=O) groups excluding carboxylic acids is 1. The van der Waals surface area contributed by atoms with Crippen LogP contribution in [0.3, 0.4) is 0 Å². The fraction of sp³-hybridized carbons (Fsp3) is 0.316. The highest BCUT2D eigenvalue weighted by atomic mass is 79.9. The second-order valence-corrected chi connectivity index (χ2v) is 6.79. The van der Waals surface area contributed by atoms with Gasteiger partial charge in [0.25, 0.3) is 0 Å². The topological polar surface area (TPSA) is 59.6 Å². The maximum Gasteiger partial charge on any atom is 0.243 e. The maximum atomic E-state index is 12.0. The summed E-state index contributed by atoms with van der Waals surface area (Å²) in [6, 6.07) is 15.1. The minimum absolute atomic E-state index is 0.101. The fourth-order valence-corrected chi connectivity index (χ4v) is 2.82. The molecule has 1 fully saturated rings. The summed E-state index contributed by atoms with van der Waals surface area (Å²) in [5, 5.41) is 5.94. The van der Waals surface area contributed by atoms with Crippen LogP contribution in [0, 0.1) is 0 Å². The Morgan fingerprint density at radius 3 is 2.52 bits per heavy atom. The van der Waals surface area contributed by atoms with Crippen LogP contribution in [0.25, 0.3) is 0 Å². The van der Waals surface area contributed by atoms with Gasteiger partial charge >= 0.3 is 0 Å². The lowest BCUT2D eigenvalue weighted by molar-refractivity contribution is -0.114. The molecule has 0 spiro atoms. The van der Waals surface area contributed by atoms with Gasteiger partial charge in [0, 0.05) is 22.5 Å². The van der Waals surface area contributed by atoms with E-state index in [4.69, 9.17) is 9.47 Å². The zero-order chi connectivity index (χ0) is 17.5. The number of ether oxygens (including phenoxy) is 2. The van der Waals surface area contributed by atoms with Gasteiger partial charge in [-0.25, -0.2) is 0 Å². The molecule has 1 amide bonds. The first-order valence-corrected chi connectivity index (χ1v) is 9.12. The van der Waals surface area contributed by atoms with Crippen LogP contribution in [0.5, 0.6) is 5.75 Å². The largest absolute Gasteiger partial charge is 0.491 e. The molecule has 1 aliphatic heterocycles. The predicted molar refractivity (Wildman–Crippen MR) is 102 cm³/mol. The highest BCUT2D eigenvalue weighted by Crippen LogP contribution is 2.18. The van der Waals surface area contributed by atoms with E-state index >= 15 is 0 Å². The number of nitrogens with one attached hydrogen (secondary N) is 2. The third-order valence-corrected chi connectivity index (χ3v) is 4.42. The molecule has 25 heavy (non-hydrogen) atoms. The summed E-state index contributed by atoms with van der Waals surface area (Å²) in [5.41, 5.74) is 1.64.